The van der Waals surface area contributed by atoms with Crippen molar-refractivity contribution in [2.24, 2.45) is 0 Å². The summed E-state index contributed by atoms with van der Waals surface area (Å²) in [6.45, 7) is 0.420. The number of hydrogen-bond donors (Lipinski definition) is 1. The molecule has 2 aliphatic rings. The lowest BCUT2D eigenvalue weighted by Crippen LogP contribution is -2.23. The number of nitrogens with zero attached hydrogens (tertiary/aromatic N) is 2. The van der Waals surface area contributed by atoms with Crippen LogP contribution in [0.4, 0.5) is 13.2 Å². The van der Waals surface area contributed by atoms with E-state index in [1.165, 1.54) is 22.5 Å². The summed E-state index contributed by atoms with van der Waals surface area (Å²) in [6, 6.07) is 12.6. The lowest BCUT2D eigenvalue weighted by atomic mass is 10.0. The summed E-state index contributed by atoms with van der Waals surface area (Å²) in [5.74, 6) is -2.70. The molecule has 0 radical (unpaired) electrons. The highest BCUT2D eigenvalue weighted by Gasteiger charge is 2.49. The summed E-state index contributed by atoms with van der Waals surface area (Å²) < 4.78 is 69.6. The van der Waals surface area contributed by atoms with Crippen LogP contribution < -0.4 is 5.32 Å². The topological polar surface area (TPSA) is 79.4 Å². The molecule has 1 saturated heterocycles. The zero-order valence-corrected chi connectivity index (χ0v) is 24.7. The van der Waals surface area contributed by atoms with Gasteiger partial charge in [-0.25, -0.2) is 21.6 Å². The van der Waals surface area contributed by atoms with E-state index in [-0.39, 0.29) is 23.3 Å². The number of nitrogens with one attached hydrogen (secondary N) is 1. The second kappa shape index (κ2) is 11.0. The molecule has 0 saturated carbocycles. The standard InChI is InChI=1S/C29H23BrF3N3O3S2/c30-26-21(10-6-16-3-7-18(31)8-4-16)35-27-22-2-1-13-36(22)41(38,39)28(27)25(26)23-11-12-24(40-23)29(37)34-15-17-5-9-19(32)20(33)14-17/h3-5,7-9,11-12,14,22H,1-2,6,10,13,15H2,(H,34,37). The number of fused-ring (bicyclic) bond motifs is 3. The minimum absolute atomic E-state index is 0.00380. The largest absolute Gasteiger partial charge is 0.347 e. The number of benzene rings is 2. The zero-order valence-electron chi connectivity index (χ0n) is 21.5. The van der Waals surface area contributed by atoms with Crippen LogP contribution in [0.25, 0.3) is 10.4 Å². The van der Waals surface area contributed by atoms with E-state index in [4.69, 9.17) is 4.98 Å². The summed E-state index contributed by atoms with van der Waals surface area (Å²) in [6.07, 6.45) is 2.50. The Morgan fingerprint density at radius 1 is 1.02 bits per heavy atom. The number of thiophene rings is 1. The van der Waals surface area contributed by atoms with Crippen LogP contribution in [0.5, 0.6) is 0 Å². The van der Waals surface area contributed by atoms with Crippen molar-refractivity contribution in [2.75, 3.05) is 6.54 Å². The summed E-state index contributed by atoms with van der Waals surface area (Å²) in [5, 5.41) is 2.70. The van der Waals surface area contributed by atoms with Gasteiger partial charge in [-0.15, -0.1) is 11.3 Å². The molecule has 1 atom stereocenters. The predicted octanol–water partition coefficient (Wildman–Crippen LogP) is 6.54. The van der Waals surface area contributed by atoms with Gasteiger partial charge in [0.05, 0.1) is 22.3 Å². The predicted molar refractivity (Wildman–Crippen MR) is 152 cm³/mol. The molecule has 0 aliphatic carbocycles. The fraction of sp³-hybridized carbons (Fsp3) is 0.241. The van der Waals surface area contributed by atoms with E-state index >= 15 is 0 Å². The Bertz CT molecular complexity index is 1780. The average molecular weight is 663 g/mol. The first-order valence-corrected chi connectivity index (χ1v) is 16.0. The van der Waals surface area contributed by atoms with E-state index in [2.05, 4.69) is 21.2 Å². The molecule has 2 aliphatic heterocycles. The first-order chi connectivity index (χ1) is 19.6. The lowest BCUT2D eigenvalue weighted by Gasteiger charge is -2.14. The molecule has 4 heterocycles. The molecule has 0 spiro atoms. The number of amides is 1. The van der Waals surface area contributed by atoms with Crippen LogP contribution in [0.2, 0.25) is 0 Å². The van der Waals surface area contributed by atoms with Crippen LogP contribution in [0.1, 0.15) is 51.1 Å². The summed E-state index contributed by atoms with van der Waals surface area (Å²) in [5.41, 5.74) is 3.01. The lowest BCUT2D eigenvalue weighted by molar-refractivity contribution is 0.0955. The number of carbonyl (C=O) groups is 1. The van der Waals surface area contributed by atoms with Gasteiger partial charge >= 0.3 is 0 Å². The van der Waals surface area contributed by atoms with Crippen molar-refractivity contribution in [2.45, 2.75) is 43.2 Å². The number of halogens is 4. The van der Waals surface area contributed by atoms with Gasteiger partial charge in [0, 0.05) is 28.0 Å². The first-order valence-electron chi connectivity index (χ1n) is 12.9. The van der Waals surface area contributed by atoms with Crippen molar-refractivity contribution in [1.29, 1.82) is 0 Å². The van der Waals surface area contributed by atoms with Crippen molar-refractivity contribution < 1.29 is 26.4 Å². The highest BCUT2D eigenvalue weighted by atomic mass is 79.9. The monoisotopic (exact) mass is 661 g/mol. The van der Waals surface area contributed by atoms with Gasteiger partial charge in [0.1, 0.15) is 10.7 Å². The molecule has 1 unspecified atom stereocenters. The molecule has 1 fully saturated rings. The Balaban J connectivity index is 1.34. The summed E-state index contributed by atoms with van der Waals surface area (Å²) in [4.78, 5) is 18.9. The molecule has 41 heavy (non-hydrogen) atoms. The number of sulfonamides is 1. The molecule has 1 N–H and O–H groups in total. The van der Waals surface area contributed by atoms with E-state index in [9.17, 15) is 26.4 Å². The van der Waals surface area contributed by atoms with Gasteiger partial charge in [-0.05, 0) is 89.1 Å². The maximum Gasteiger partial charge on any atom is 0.261 e. The van der Waals surface area contributed by atoms with Crippen molar-refractivity contribution >= 4 is 43.2 Å². The molecule has 1 amide bonds. The third-order valence-electron chi connectivity index (χ3n) is 7.35. The third kappa shape index (κ3) is 5.22. The molecular weight excluding hydrogens is 639 g/mol. The first kappa shape index (κ1) is 28.1. The number of rotatable bonds is 7. The van der Waals surface area contributed by atoms with Crippen LogP contribution in [0, 0.1) is 17.5 Å². The van der Waals surface area contributed by atoms with Gasteiger partial charge in [0.25, 0.3) is 5.91 Å². The van der Waals surface area contributed by atoms with Gasteiger partial charge in [-0.2, -0.15) is 4.31 Å². The highest BCUT2D eigenvalue weighted by molar-refractivity contribution is 9.10. The van der Waals surface area contributed by atoms with Crippen molar-refractivity contribution in [3.05, 3.63) is 104 Å². The molecule has 12 heteroatoms. The minimum Gasteiger partial charge on any atom is -0.347 e. The van der Waals surface area contributed by atoms with Gasteiger partial charge in [-0.1, -0.05) is 18.2 Å². The molecular formula is C29H23BrF3N3O3S2. The maximum atomic E-state index is 13.7. The Morgan fingerprint density at radius 3 is 2.54 bits per heavy atom. The number of aromatic nitrogens is 1. The molecule has 212 valence electrons. The van der Waals surface area contributed by atoms with Crippen molar-refractivity contribution in [3.8, 4) is 10.4 Å². The van der Waals surface area contributed by atoms with Crippen molar-refractivity contribution in [3.63, 3.8) is 0 Å². The minimum atomic E-state index is -3.80. The number of hydrogen-bond acceptors (Lipinski definition) is 5. The number of carbonyl (C=O) groups excluding carboxylic acids is 1. The van der Waals surface area contributed by atoms with Gasteiger partial charge < -0.3 is 5.32 Å². The Kier molecular flexibility index (Phi) is 7.52. The van der Waals surface area contributed by atoms with E-state index < -0.39 is 27.6 Å². The van der Waals surface area contributed by atoms with Crippen LogP contribution in [-0.4, -0.2) is 30.2 Å². The number of pyridine rings is 1. The fourth-order valence-electron chi connectivity index (χ4n) is 5.34. The number of aryl methyl sites for hydroxylation is 2. The van der Waals surface area contributed by atoms with E-state index in [0.717, 1.165) is 35.5 Å². The smallest absolute Gasteiger partial charge is 0.261 e. The molecule has 6 nitrogen and oxygen atoms in total. The molecule has 4 aromatic rings. The van der Waals surface area contributed by atoms with E-state index in [1.807, 2.05) is 0 Å². The van der Waals surface area contributed by atoms with Crippen LogP contribution >= 0.6 is 27.3 Å². The Hall–Kier alpha value is -3.06. The zero-order chi connectivity index (χ0) is 28.9. The normalized spacial score (nSPS) is 17.4. The second-order valence-electron chi connectivity index (χ2n) is 9.96. The SMILES string of the molecule is O=C(NCc1ccc(F)c(F)c1)c1ccc(-c2c(Br)c(CCc3ccc(F)cc3)nc3c2S(=O)(=O)N2CCCC32)s1. The average Bonchev–Trinajstić information content (AvgIpc) is 3.68. The van der Waals surface area contributed by atoms with Crippen LogP contribution in [0.15, 0.2) is 64.0 Å². The Labute approximate surface area is 247 Å². The van der Waals surface area contributed by atoms with Crippen LogP contribution in [-0.2, 0) is 29.4 Å². The van der Waals surface area contributed by atoms with Crippen molar-refractivity contribution in [1.82, 2.24) is 14.6 Å². The summed E-state index contributed by atoms with van der Waals surface area (Å²) >= 11 is 4.78. The quantitative estimate of drug-likeness (QED) is 0.244. The molecule has 2 aromatic carbocycles. The fourth-order valence-corrected chi connectivity index (χ4v) is 9.40. The van der Waals surface area contributed by atoms with Gasteiger partial charge in [0.15, 0.2) is 11.6 Å². The summed E-state index contributed by atoms with van der Waals surface area (Å²) in [7, 11) is -3.80. The van der Waals surface area contributed by atoms with E-state index in [0.29, 0.717) is 62.5 Å². The second-order valence-corrected chi connectivity index (χ2v) is 13.7. The highest BCUT2D eigenvalue weighted by Crippen LogP contribution is 2.51. The van der Waals surface area contributed by atoms with Crippen LogP contribution in [0.3, 0.4) is 0 Å². The van der Waals surface area contributed by atoms with E-state index in [1.54, 1.807) is 24.3 Å². The molecule has 0 bridgehead atoms. The Morgan fingerprint density at radius 2 is 1.78 bits per heavy atom. The van der Waals surface area contributed by atoms with Gasteiger partial charge in [-0.3, -0.25) is 9.78 Å². The molecule has 6 rings (SSSR count). The maximum absolute atomic E-state index is 13.7. The third-order valence-corrected chi connectivity index (χ3v) is 11.3. The molecule has 2 aromatic heterocycles. The van der Waals surface area contributed by atoms with Gasteiger partial charge in [0.2, 0.25) is 10.0 Å².